The first kappa shape index (κ1) is 20.4. The maximum atomic E-state index is 6.30. The highest BCUT2D eigenvalue weighted by Crippen LogP contribution is 2.39. The number of hydrogen-bond donors (Lipinski definition) is 0. The molecule has 1 fully saturated rings. The van der Waals surface area contributed by atoms with Gasteiger partial charge in [0.2, 0.25) is 5.28 Å². The molecule has 0 unspecified atom stereocenters. The lowest BCUT2D eigenvalue weighted by molar-refractivity contribution is 0.415. The Kier molecular flexibility index (Phi) is 5.61. The van der Waals surface area contributed by atoms with Crippen LogP contribution in [0.1, 0.15) is 0 Å². The number of ether oxygens (including phenoxy) is 1. The van der Waals surface area contributed by atoms with Crippen LogP contribution in [0.4, 0.5) is 11.5 Å². The van der Waals surface area contributed by atoms with E-state index in [-0.39, 0.29) is 5.28 Å². The number of methoxy groups -OCH3 is 1. The van der Waals surface area contributed by atoms with E-state index in [2.05, 4.69) is 43.3 Å². The maximum absolute atomic E-state index is 6.30. The molecule has 0 radical (unpaired) electrons. The van der Waals surface area contributed by atoms with Crippen LogP contribution in [0, 0.1) is 0 Å². The molecule has 1 aliphatic heterocycles. The van der Waals surface area contributed by atoms with Crippen molar-refractivity contribution in [2.45, 2.75) is 0 Å². The highest BCUT2D eigenvalue weighted by atomic mass is 35.5. The molecule has 3 heterocycles. The van der Waals surface area contributed by atoms with Crippen molar-refractivity contribution >= 4 is 56.3 Å². The second kappa shape index (κ2) is 8.54. The second-order valence-electron chi connectivity index (χ2n) is 7.33. The minimum Gasteiger partial charge on any atom is -0.497 e. The Morgan fingerprint density at radius 3 is 2.39 bits per heavy atom. The van der Waals surface area contributed by atoms with E-state index >= 15 is 0 Å². The number of hydrogen-bond acceptors (Lipinski definition) is 6. The van der Waals surface area contributed by atoms with E-state index in [0.29, 0.717) is 0 Å². The Labute approximate surface area is 194 Å². The molecule has 0 saturated carbocycles. The van der Waals surface area contributed by atoms with E-state index < -0.39 is 0 Å². The fourth-order valence-electron chi connectivity index (χ4n) is 3.96. The minimum atomic E-state index is 0.280. The smallest absolute Gasteiger partial charge is 0.225 e. The van der Waals surface area contributed by atoms with E-state index in [1.165, 1.54) is 0 Å². The standard InChI is InChI=1S/C23H20Cl2N4OS/c1-30-18-7-5-15(6-8-18)19-14-31-22-20(19)21(26-23(25)27-22)29-11-9-28(10-12-29)17-4-2-3-16(24)13-17/h2-8,13-14H,9-12H2,1H3. The van der Waals surface area contributed by atoms with Crippen molar-refractivity contribution < 1.29 is 4.74 Å². The predicted octanol–water partition coefficient (Wildman–Crippen LogP) is 6.00. The van der Waals surface area contributed by atoms with Gasteiger partial charge in [-0.25, -0.2) is 4.98 Å². The predicted molar refractivity (Wildman–Crippen MR) is 130 cm³/mol. The number of thiophene rings is 1. The maximum Gasteiger partial charge on any atom is 0.225 e. The third kappa shape index (κ3) is 4.03. The fraction of sp³-hybridized carbons (Fsp3) is 0.217. The SMILES string of the molecule is COc1ccc(-c2csc3nc(Cl)nc(N4CCN(c5cccc(Cl)c5)CC4)c23)cc1. The topological polar surface area (TPSA) is 41.5 Å². The normalized spacial score (nSPS) is 14.3. The number of rotatable bonds is 4. The van der Waals surface area contributed by atoms with Crippen molar-refractivity contribution in [3.63, 3.8) is 0 Å². The van der Waals surface area contributed by atoms with Gasteiger partial charge in [0.15, 0.2) is 0 Å². The van der Waals surface area contributed by atoms with Crippen molar-refractivity contribution in [1.29, 1.82) is 0 Å². The molecule has 0 atom stereocenters. The van der Waals surface area contributed by atoms with Crippen molar-refractivity contribution in [1.82, 2.24) is 9.97 Å². The first-order chi connectivity index (χ1) is 15.1. The Morgan fingerprint density at radius 2 is 1.68 bits per heavy atom. The minimum absolute atomic E-state index is 0.280. The Morgan fingerprint density at radius 1 is 0.935 bits per heavy atom. The molecule has 0 bridgehead atoms. The molecule has 1 saturated heterocycles. The van der Waals surface area contributed by atoms with Gasteiger partial charge in [0.25, 0.3) is 0 Å². The zero-order valence-corrected chi connectivity index (χ0v) is 19.2. The number of aromatic nitrogens is 2. The largest absolute Gasteiger partial charge is 0.497 e. The van der Waals surface area contributed by atoms with Gasteiger partial charge in [0.1, 0.15) is 16.4 Å². The van der Waals surface area contributed by atoms with Crippen LogP contribution in [0.15, 0.2) is 53.9 Å². The van der Waals surface area contributed by atoms with Gasteiger partial charge in [0.05, 0.1) is 12.5 Å². The summed E-state index contributed by atoms with van der Waals surface area (Å²) in [5.74, 6) is 1.73. The van der Waals surface area contributed by atoms with Crippen LogP contribution in [0.2, 0.25) is 10.3 Å². The summed E-state index contributed by atoms with van der Waals surface area (Å²) in [6.45, 7) is 3.44. The highest BCUT2D eigenvalue weighted by molar-refractivity contribution is 7.17. The molecule has 0 spiro atoms. The molecule has 5 rings (SSSR count). The lowest BCUT2D eigenvalue weighted by Crippen LogP contribution is -2.47. The Bertz CT molecular complexity index is 1220. The van der Waals surface area contributed by atoms with E-state index in [0.717, 1.165) is 69.8 Å². The van der Waals surface area contributed by atoms with Gasteiger partial charge in [0, 0.05) is 47.8 Å². The summed E-state index contributed by atoms with van der Waals surface area (Å²) in [5, 5.41) is 4.22. The van der Waals surface area contributed by atoms with Crippen LogP contribution in [0.3, 0.4) is 0 Å². The number of anilines is 2. The van der Waals surface area contributed by atoms with Crippen molar-refractivity contribution in [3.05, 3.63) is 64.2 Å². The van der Waals surface area contributed by atoms with Gasteiger partial charge in [-0.1, -0.05) is 29.8 Å². The van der Waals surface area contributed by atoms with Crippen LogP contribution in [-0.2, 0) is 0 Å². The summed E-state index contributed by atoms with van der Waals surface area (Å²) in [6.07, 6.45) is 0. The van der Waals surface area contributed by atoms with E-state index in [1.807, 2.05) is 30.3 Å². The highest BCUT2D eigenvalue weighted by Gasteiger charge is 2.23. The average Bonchev–Trinajstić information content (AvgIpc) is 3.22. The van der Waals surface area contributed by atoms with Crippen LogP contribution in [0.5, 0.6) is 5.75 Å². The second-order valence-corrected chi connectivity index (χ2v) is 8.96. The summed E-state index contributed by atoms with van der Waals surface area (Å²) >= 11 is 14.1. The Balaban J connectivity index is 1.47. The lowest BCUT2D eigenvalue weighted by atomic mass is 10.1. The number of piperazine rings is 1. The number of benzene rings is 2. The molecule has 5 nitrogen and oxygen atoms in total. The van der Waals surface area contributed by atoms with Crippen LogP contribution in [0.25, 0.3) is 21.3 Å². The number of nitrogens with zero attached hydrogens (tertiary/aromatic N) is 4. The zero-order valence-electron chi connectivity index (χ0n) is 16.9. The van der Waals surface area contributed by atoms with Crippen molar-refractivity contribution in [3.8, 4) is 16.9 Å². The van der Waals surface area contributed by atoms with Gasteiger partial charge < -0.3 is 14.5 Å². The van der Waals surface area contributed by atoms with Crippen LogP contribution >= 0.6 is 34.5 Å². The third-order valence-corrected chi connectivity index (χ3v) is 6.82. The fourth-order valence-corrected chi connectivity index (χ4v) is 5.30. The molecule has 0 aliphatic carbocycles. The first-order valence-corrected chi connectivity index (χ1v) is 11.6. The van der Waals surface area contributed by atoms with Crippen LogP contribution < -0.4 is 14.5 Å². The summed E-state index contributed by atoms with van der Waals surface area (Å²) in [6, 6.07) is 16.1. The summed E-state index contributed by atoms with van der Waals surface area (Å²) in [4.78, 5) is 14.7. The summed E-state index contributed by atoms with van der Waals surface area (Å²) in [7, 11) is 1.67. The molecular formula is C23H20Cl2N4OS. The van der Waals surface area contributed by atoms with E-state index in [9.17, 15) is 0 Å². The third-order valence-electron chi connectivity index (χ3n) is 5.54. The molecule has 8 heteroatoms. The van der Waals surface area contributed by atoms with Gasteiger partial charge >= 0.3 is 0 Å². The van der Waals surface area contributed by atoms with Crippen molar-refractivity contribution in [2.75, 3.05) is 43.1 Å². The first-order valence-electron chi connectivity index (χ1n) is 9.97. The zero-order chi connectivity index (χ0) is 21.4. The van der Waals surface area contributed by atoms with Gasteiger partial charge in [-0.2, -0.15) is 4.98 Å². The van der Waals surface area contributed by atoms with Gasteiger partial charge in [-0.05, 0) is 47.5 Å². The quantitative estimate of drug-likeness (QED) is 0.342. The molecule has 31 heavy (non-hydrogen) atoms. The lowest BCUT2D eigenvalue weighted by Gasteiger charge is -2.37. The molecule has 2 aromatic heterocycles. The number of halogens is 2. The van der Waals surface area contributed by atoms with E-state index in [4.69, 9.17) is 27.9 Å². The average molecular weight is 471 g/mol. The monoisotopic (exact) mass is 470 g/mol. The van der Waals surface area contributed by atoms with Gasteiger partial charge in [-0.15, -0.1) is 11.3 Å². The summed E-state index contributed by atoms with van der Waals surface area (Å²) < 4.78 is 5.30. The summed E-state index contributed by atoms with van der Waals surface area (Å²) in [5.41, 5.74) is 3.37. The Hall–Kier alpha value is -2.54. The van der Waals surface area contributed by atoms with Crippen molar-refractivity contribution in [2.24, 2.45) is 0 Å². The van der Waals surface area contributed by atoms with Crippen LogP contribution in [-0.4, -0.2) is 43.3 Å². The molecular weight excluding hydrogens is 451 g/mol. The molecule has 4 aromatic rings. The molecule has 2 aromatic carbocycles. The van der Waals surface area contributed by atoms with E-state index in [1.54, 1.807) is 18.4 Å². The molecule has 158 valence electrons. The molecule has 0 amide bonds. The molecule has 0 N–H and O–H groups in total. The van der Waals surface area contributed by atoms with Gasteiger partial charge in [-0.3, -0.25) is 0 Å². The number of fused-ring (bicyclic) bond motifs is 1. The molecule has 1 aliphatic rings.